The zero-order valence-corrected chi connectivity index (χ0v) is 36.7. The standard InChI is InChI=1S/C45H74N6O3.C2H6/c1-11-25-46-31(4)39(52)35(21-20-32-16-17-32)50-41(53)38-37-34(44(37,8)9)28-51(38)42(54)40(45(10)23-13-12-14-24-45)48-26-30(3)49-36(43(5,6)7)22-15-29(2)47-27-33-18-19-33;1-2/h11,32-38,40,46-49H,1-4,12-28H2,5-10H3,(H,50,53);1-2H3/t34-,35?,36?,37-,38?,40?;/m0./s1. The molecular formula is C47H80N6O3. The number of amides is 2. The zero-order chi connectivity index (χ0) is 41.4. The highest BCUT2D eigenvalue weighted by atomic mass is 16.2. The van der Waals surface area contributed by atoms with Gasteiger partial charge in [-0.1, -0.05) is 113 Å². The van der Waals surface area contributed by atoms with Crippen molar-refractivity contribution in [2.75, 3.05) is 26.2 Å². The number of likely N-dealkylation sites (tertiary alicyclic amines) is 1. The molecule has 0 aromatic carbocycles. The molecule has 1 aliphatic heterocycles. The minimum atomic E-state index is -0.679. The number of carbonyl (C=O) groups is 3. The van der Waals surface area contributed by atoms with Crippen LogP contribution in [0.3, 0.4) is 0 Å². The summed E-state index contributed by atoms with van der Waals surface area (Å²) in [5, 5.41) is 17.2. The Morgan fingerprint density at radius 2 is 1.52 bits per heavy atom. The molecule has 5 fully saturated rings. The fraction of sp³-hybridized carbons (Fsp3) is 0.766. The molecule has 5 N–H and O–H groups in total. The maximum atomic E-state index is 15.0. The van der Waals surface area contributed by atoms with E-state index in [1.165, 1.54) is 32.1 Å². The third kappa shape index (κ3) is 12.0. The lowest BCUT2D eigenvalue weighted by Gasteiger charge is -2.43. The lowest BCUT2D eigenvalue weighted by Crippen LogP contribution is -2.61. The van der Waals surface area contributed by atoms with Crippen molar-refractivity contribution in [3.05, 3.63) is 49.5 Å². The van der Waals surface area contributed by atoms with E-state index in [1.54, 1.807) is 6.08 Å². The van der Waals surface area contributed by atoms with E-state index in [-0.39, 0.29) is 57.4 Å². The Bertz CT molecular complexity index is 1410. The van der Waals surface area contributed by atoms with Gasteiger partial charge in [-0.25, -0.2) is 0 Å². The largest absolute Gasteiger partial charge is 0.389 e. The molecule has 4 unspecified atom stereocenters. The molecule has 0 spiro atoms. The van der Waals surface area contributed by atoms with Crippen LogP contribution in [-0.4, -0.2) is 72.8 Å². The van der Waals surface area contributed by atoms with Crippen LogP contribution in [0.15, 0.2) is 49.5 Å². The minimum Gasteiger partial charge on any atom is -0.389 e. The van der Waals surface area contributed by atoms with E-state index in [0.29, 0.717) is 32.0 Å². The molecular weight excluding hydrogens is 697 g/mol. The van der Waals surface area contributed by atoms with Gasteiger partial charge < -0.3 is 26.2 Å². The molecule has 5 aliphatic rings. The van der Waals surface area contributed by atoms with Crippen molar-refractivity contribution < 1.29 is 14.4 Å². The van der Waals surface area contributed by atoms with E-state index in [1.807, 2.05) is 18.7 Å². The Balaban J connectivity index is 0.00000342. The molecule has 1 heterocycles. The van der Waals surface area contributed by atoms with Gasteiger partial charge >= 0.3 is 0 Å². The minimum absolute atomic E-state index is 0.000222. The van der Waals surface area contributed by atoms with Crippen molar-refractivity contribution in [2.45, 2.75) is 163 Å². The summed E-state index contributed by atoms with van der Waals surface area (Å²) in [6.45, 7) is 36.4. The number of allylic oxidation sites excluding steroid dienone is 1. The third-order valence-corrected chi connectivity index (χ3v) is 13.7. The van der Waals surface area contributed by atoms with Gasteiger partial charge in [0, 0.05) is 43.6 Å². The zero-order valence-electron chi connectivity index (χ0n) is 36.7. The summed E-state index contributed by atoms with van der Waals surface area (Å²) >= 11 is 0. The van der Waals surface area contributed by atoms with Gasteiger partial charge in [-0.3, -0.25) is 19.7 Å². The lowest BCUT2D eigenvalue weighted by molar-refractivity contribution is -0.145. The molecule has 1 saturated heterocycles. The van der Waals surface area contributed by atoms with Gasteiger partial charge in [-0.05, 0) is 91.3 Å². The van der Waals surface area contributed by atoms with Gasteiger partial charge in [0.1, 0.15) is 6.04 Å². The average molecular weight is 777 g/mol. The molecule has 4 aliphatic carbocycles. The van der Waals surface area contributed by atoms with Crippen molar-refractivity contribution >= 4 is 17.6 Å². The summed E-state index contributed by atoms with van der Waals surface area (Å²) < 4.78 is 0. The van der Waals surface area contributed by atoms with Gasteiger partial charge in [0.2, 0.25) is 11.8 Å². The number of nitrogens with zero attached hydrogens (tertiary/aromatic N) is 1. The van der Waals surface area contributed by atoms with E-state index in [4.69, 9.17) is 0 Å². The fourth-order valence-electron chi connectivity index (χ4n) is 9.35. The number of fused-ring (bicyclic) bond motifs is 1. The molecule has 4 saturated carbocycles. The van der Waals surface area contributed by atoms with E-state index in [9.17, 15) is 9.59 Å². The molecule has 0 bridgehead atoms. The molecule has 0 radical (unpaired) electrons. The smallest absolute Gasteiger partial charge is 0.243 e. The first-order valence-electron chi connectivity index (χ1n) is 22.2. The fourth-order valence-corrected chi connectivity index (χ4v) is 9.35. The molecule has 56 heavy (non-hydrogen) atoms. The van der Waals surface area contributed by atoms with Crippen LogP contribution in [0.4, 0.5) is 0 Å². The summed E-state index contributed by atoms with van der Waals surface area (Å²) in [7, 11) is 0. The molecule has 5 rings (SSSR count). The molecule has 0 aromatic heterocycles. The van der Waals surface area contributed by atoms with E-state index in [0.717, 1.165) is 68.8 Å². The van der Waals surface area contributed by atoms with E-state index in [2.05, 4.69) is 94.4 Å². The molecule has 9 heteroatoms. The van der Waals surface area contributed by atoms with Crippen molar-refractivity contribution in [1.29, 1.82) is 0 Å². The molecule has 2 amide bonds. The van der Waals surface area contributed by atoms with Crippen LogP contribution in [0.1, 0.15) is 139 Å². The highest BCUT2D eigenvalue weighted by Gasteiger charge is 2.70. The Morgan fingerprint density at radius 1 is 0.875 bits per heavy atom. The summed E-state index contributed by atoms with van der Waals surface area (Å²) in [5.74, 6) is 1.32. The number of Topliss-reactive ketones (excluding diaryl/α,β-unsaturated/α-hetero) is 1. The number of nitrogens with one attached hydrogen (secondary N) is 5. The topological polar surface area (TPSA) is 115 Å². The van der Waals surface area contributed by atoms with Gasteiger partial charge in [0.05, 0.1) is 17.8 Å². The highest BCUT2D eigenvalue weighted by Crippen LogP contribution is 2.65. The second kappa shape index (κ2) is 19.6. The predicted molar refractivity (Wildman–Crippen MR) is 231 cm³/mol. The van der Waals surface area contributed by atoms with Crippen LogP contribution in [0, 0.1) is 39.9 Å². The first-order valence-corrected chi connectivity index (χ1v) is 22.2. The summed E-state index contributed by atoms with van der Waals surface area (Å²) in [6.07, 6.45) is 15.2. The summed E-state index contributed by atoms with van der Waals surface area (Å²) in [4.78, 5) is 45.0. The van der Waals surface area contributed by atoms with Gasteiger partial charge in [0.15, 0.2) is 5.78 Å². The summed E-state index contributed by atoms with van der Waals surface area (Å²) in [5.41, 5.74) is 1.96. The average Bonchev–Trinajstić information content (AvgIpc) is 4.12. The number of carbonyl (C=O) groups excluding carboxylic acids is 3. The maximum absolute atomic E-state index is 15.0. The van der Waals surface area contributed by atoms with E-state index < -0.39 is 18.1 Å². The molecule has 6 atom stereocenters. The number of hydrogen-bond donors (Lipinski definition) is 5. The highest BCUT2D eigenvalue weighted by molar-refractivity contribution is 6.01. The van der Waals surface area contributed by atoms with Crippen molar-refractivity contribution in [3.63, 3.8) is 0 Å². The van der Waals surface area contributed by atoms with Crippen LogP contribution < -0.4 is 26.6 Å². The SMILES string of the molecule is C=CCNC(=C)C(=O)C(CCC1CC1)NC(=O)C1[C@@H]2[C@H](CN1C(=O)C(NCC(=C)NC(CCC(=C)NCC1CC1)C(C)(C)C)C1(C)CCCCC1)C2(C)C.CC. The molecule has 0 aromatic rings. The molecule has 9 nitrogen and oxygen atoms in total. The second-order valence-corrected chi connectivity index (χ2v) is 19.6. The van der Waals surface area contributed by atoms with Crippen molar-refractivity contribution in [1.82, 2.24) is 31.5 Å². The monoisotopic (exact) mass is 777 g/mol. The second-order valence-electron chi connectivity index (χ2n) is 19.6. The summed E-state index contributed by atoms with van der Waals surface area (Å²) in [6, 6.07) is -1.57. The van der Waals surface area contributed by atoms with Crippen LogP contribution in [0.25, 0.3) is 0 Å². The predicted octanol–water partition coefficient (Wildman–Crippen LogP) is 7.77. The van der Waals surface area contributed by atoms with Crippen LogP contribution >= 0.6 is 0 Å². The van der Waals surface area contributed by atoms with Crippen LogP contribution in [0.5, 0.6) is 0 Å². The number of rotatable bonds is 23. The number of hydrogen-bond acceptors (Lipinski definition) is 7. The maximum Gasteiger partial charge on any atom is 0.243 e. The van der Waals surface area contributed by atoms with Crippen LogP contribution in [-0.2, 0) is 14.4 Å². The normalized spacial score (nSPS) is 24.9. The van der Waals surface area contributed by atoms with Gasteiger partial charge in [-0.15, -0.1) is 6.58 Å². The van der Waals surface area contributed by atoms with Gasteiger partial charge in [0.25, 0.3) is 0 Å². The van der Waals surface area contributed by atoms with Gasteiger partial charge in [-0.2, -0.15) is 0 Å². The third-order valence-electron chi connectivity index (χ3n) is 13.7. The Kier molecular flexibility index (Phi) is 16.0. The lowest BCUT2D eigenvalue weighted by atomic mass is 9.70. The first kappa shape index (κ1) is 45.6. The number of ketones is 1. The first-order chi connectivity index (χ1) is 26.5. The molecule has 316 valence electrons. The Labute approximate surface area is 341 Å². The van der Waals surface area contributed by atoms with Crippen molar-refractivity contribution in [3.8, 4) is 0 Å². The number of piperidine rings is 1. The Morgan fingerprint density at radius 3 is 2.11 bits per heavy atom. The van der Waals surface area contributed by atoms with E-state index >= 15 is 4.79 Å². The quantitative estimate of drug-likeness (QED) is 0.0533. The Hall–Kier alpha value is -3.07. The van der Waals surface area contributed by atoms with Crippen molar-refractivity contribution in [2.24, 2.45) is 39.9 Å². The van der Waals surface area contributed by atoms with Crippen LogP contribution in [0.2, 0.25) is 0 Å².